The van der Waals surface area contributed by atoms with Gasteiger partial charge in [-0.05, 0) is 50.0 Å². The van der Waals surface area contributed by atoms with Gasteiger partial charge in [0.15, 0.2) is 5.96 Å². The highest BCUT2D eigenvalue weighted by Crippen LogP contribution is 2.15. The van der Waals surface area contributed by atoms with Crippen LogP contribution in [-0.4, -0.2) is 43.6 Å². The van der Waals surface area contributed by atoms with E-state index >= 15 is 0 Å². The van der Waals surface area contributed by atoms with Gasteiger partial charge in [-0.1, -0.05) is 25.5 Å². The molecule has 1 aliphatic rings. The van der Waals surface area contributed by atoms with Crippen LogP contribution in [0.3, 0.4) is 0 Å². The number of halogens is 2. The average molecular weight is 448 g/mol. The van der Waals surface area contributed by atoms with Gasteiger partial charge in [-0.3, -0.25) is 9.89 Å². The first-order chi connectivity index (χ1) is 11.1. The number of hydrogen-bond donors (Lipinski definition) is 2. The predicted molar refractivity (Wildman–Crippen MR) is 110 cm³/mol. The maximum absolute atomic E-state index is 13.3. The lowest BCUT2D eigenvalue weighted by Gasteiger charge is -2.35. The molecule has 4 nitrogen and oxygen atoms in total. The number of aliphatic imine (C=N–C) groups is 1. The predicted octanol–water partition coefficient (Wildman–Crippen LogP) is 3.29. The average Bonchev–Trinajstić information content (AvgIpc) is 2.58. The molecule has 1 saturated heterocycles. The Bertz CT molecular complexity index is 536. The number of benzene rings is 1. The van der Waals surface area contributed by atoms with E-state index < -0.39 is 0 Å². The molecule has 136 valence electrons. The molecule has 0 aromatic heterocycles. The van der Waals surface area contributed by atoms with E-state index in [0.717, 1.165) is 24.6 Å². The molecule has 1 aromatic carbocycles. The first kappa shape index (κ1) is 21.2. The quantitative estimate of drug-likeness (QED) is 0.413. The van der Waals surface area contributed by atoms with E-state index in [1.807, 2.05) is 12.1 Å². The lowest BCUT2D eigenvalue weighted by molar-refractivity contribution is 0.157. The van der Waals surface area contributed by atoms with E-state index in [9.17, 15) is 4.39 Å². The maximum Gasteiger partial charge on any atom is 0.191 e. The number of aryl methyl sites for hydroxylation is 1. The Morgan fingerprint density at radius 1 is 1.33 bits per heavy atom. The SMILES string of the molecule is CCN1CCCCC1CNC(=NC)NCc1ccc(F)c(C)c1.I. The zero-order valence-electron chi connectivity index (χ0n) is 14.9. The van der Waals surface area contributed by atoms with Crippen molar-refractivity contribution >= 4 is 29.9 Å². The van der Waals surface area contributed by atoms with E-state index in [-0.39, 0.29) is 29.8 Å². The van der Waals surface area contributed by atoms with Crippen LogP contribution in [-0.2, 0) is 6.54 Å². The van der Waals surface area contributed by atoms with Crippen molar-refractivity contribution in [3.63, 3.8) is 0 Å². The molecule has 0 bridgehead atoms. The third-order valence-corrected chi connectivity index (χ3v) is 4.57. The largest absolute Gasteiger partial charge is 0.355 e. The van der Waals surface area contributed by atoms with Gasteiger partial charge in [0.1, 0.15) is 5.82 Å². The zero-order valence-corrected chi connectivity index (χ0v) is 17.3. The molecule has 0 radical (unpaired) electrons. The van der Waals surface area contributed by atoms with Crippen LogP contribution in [0.4, 0.5) is 4.39 Å². The number of piperidine rings is 1. The molecule has 0 aliphatic carbocycles. The van der Waals surface area contributed by atoms with E-state index in [1.54, 1.807) is 14.0 Å². The Morgan fingerprint density at radius 2 is 2.12 bits per heavy atom. The highest BCUT2D eigenvalue weighted by Gasteiger charge is 2.20. The molecule has 2 N–H and O–H groups in total. The summed E-state index contributed by atoms with van der Waals surface area (Å²) in [5.74, 6) is 0.641. The van der Waals surface area contributed by atoms with Gasteiger partial charge >= 0.3 is 0 Å². The van der Waals surface area contributed by atoms with E-state index in [2.05, 4.69) is 27.4 Å². The standard InChI is InChI=1S/C18H29FN4.HI/c1-4-23-10-6-5-7-16(23)13-22-18(20-3)21-12-15-8-9-17(19)14(2)11-15;/h8-9,11,16H,4-7,10,12-13H2,1-3H3,(H2,20,21,22);1H. The highest BCUT2D eigenvalue weighted by molar-refractivity contribution is 14.0. The van der Waals surface area contributed by atoms with Crippen LogP contribution in [0.2, 0.25) is 0 Å². The molecule has 1 atom stereocenters. The third kappa shape index (κ3) is 6.20. The summed E-state index contributed by atoms with van der Waals surface area (Å²) in [6.45, 7) is 7.87. The minimum atomic E-state index is -0.159. The second-order valence-corrected chi connectivity index (χ2v) is 6.17. The third-order valence-electron chi connectivity index (χ3n) is 4.57. The molecule has 1 aromatic rings. The lowest BCUT2D eigenvalue weighted by atomic mass is 10.0. The fourth-order valence-corrected chi connectivity index (χ4v) is 3.15. The smallest absolute Gasteiger partial charge is 0.191 e. The molecule has 0 saturated carbocycles. The highest BCUT2D eigenvalue weighted by atomic mass is 127. The van der Waals surface area contributed by atoms with E-state index in [0.29, 0.717) is 18.2 Å². The summed E-state index contributed by atoms with van der Waals surface area (Å²) in [4.78, 5) is 6.82. The van der Waals surface area contributed by atoms with Crippen molar-refractivity contribution in [2.75, 3.05) is 26.7 Å². The van der Waals surface area contributed by atoms with Crippen molar-refractivity contribution in [1.29, 1.82) is 0 Å². The summed E-state index contributed by atoms with van der Waals surface area (Å²) in [5, 5.41) is 6.73. The van der Waals surface area contributed by atoms with Gasteiger partial charge in [-0.25, -0.2) is 4.39 Å². The van der Waals surface area contributed by atoms with Gasteiger partial charge in [0.05, 0.1) is 0 Å². The number of rotatable bonds is 5. The summed E-state index contributed by atoms with van der Waals surface area (Å²) in [6, 6.07) is 5.78. The van der Waals surface area contributed by atoms with Crippen LogP contribution in [0, 0.1) is 12.7 Å². The summed E-state index contributed by atoms with van der Waals surface area (Å²) in [5.41, 5.74) is 1.73. The van der Waals surface area contributed by atoms with Crippen LogP contribution in [0.1, 0.15) is 37.3 Å². The van der Waals surface area contributed by atoms with Crippen molar-refractivity contribution in [3.05, 3.63) is 35.1 Å². The van der Waals surface area contributed by atoms with Gasteiger partial charge in [-0.15, -0.1) is 24.0 Å². The van der Waals surface area contributed by atoms with Crippen molar-refractivity contribution < 1.29 is 4.39 Å². The van der Waals surface area contributed by atoms with Crippen LogP contribution < -0.4 is 10.6 Å². The fraction of sp³-hybridized carbons (Fsp3) is 0.611. The molecular weight excluding hydrogens is 418 g/mol. The van der Waals surface area contributed by atoms with Gasteiger partial charge in [0.2, 0.25) is 0 Å². The van der Waals surface area contributed by atoms with E-state index in [1.165, 1.54) is 31.9 Å². The Hall–Kier alpha value is -0.890. The number of nitrogens with one attached hydrogen (secondary N) is 2. The summed E-state index contributed by atoms with van der Waals surface area (Å²) in [6.07, 6.45) is 3.86. The first-order valence-electron chi connectivity index (χ1n) is 8.57. The molecular formula is C18H30FIN4. The molecule has 1 heterocycles. The van der Waals surface area contributed by atoms with Crippen LogP contribution >= 0.6 is 24.0 Å². The number of hydrogen-bond acceptors (Lipinski definition) is 2. The monoisotopic (exact) mass is 448 g/mol. The molecule has 0 amide bonds. The molecule has 1 fully saturated rings. The molecule has 1 unspecified atom stereocenters. The summed E-state index contributed by atoms with van der Waals surface area (Å²) >= 11 is 0. The molecule has 1 aliphatic heterocycles. The van der Waals surface area contributed by atoms with Gasteiger partial charge < -0.3 is 10.6 Å². The van der Waals surface area contributed by atoms with Crippen molar-refractivity contribution in [2.45, 2.75) is 45.7 Å². The second-order valence-electron chi connectivity index (χ2n) is 6.17. The lowest BCUT2D eigenvalue weighted by Crippen LogP contribution is -2.48. The number of likely N-dealkylation sites (tertiary alicyclic amines) is 1. The zero-order chi connectivity index (χ0) is 16.7. The number of likely N-dealkylation sites (N-methyl/N-ethyl adjacent to an activating group) is 1. The Labute approximate surface area is 162 Å². The molecule has 2 rings (SSSR count). The molecule has 6 heteroatoms. The van der Waals surface area contributed by atoms with Gasteiger partial charge in [-0.2, -0.15) is 0 Å². The molecule has 0 spiro atoms. The Kier molecular flexibility index (Phi) is 9.58. The Balaban J connectivity index is 0.00000288. The number of guanidine groups is 1. The van der Waals surface area contributed by atoms with Crippen LogP contribution in [0.25, 0.3) is 0 Å². The van der Waals surface area contributed by atoms with Crippen LogP contribution in [0.15, 0.2) is 23.2 Å². The van der Waals surface area contributed by atoms with Crippen LogP contribution in [0.5, 0.6) is 0 Å². The Morgan fingerprint density at radius 3 is 2.79 bits per heavy atom. The van der Waals surface area contributed by atoms with Gasteiger partial charge in [0.25, 0.3) is 0 Å². The topological polar surface area (TPSA) is 39.7 Å². The fourth-order valence-electron chi connectivity index (χ4n) is 3.15. The summed E-state index contributed by atoms with van der Waals surface area (Å²) in [7, 11) is 1.78. The molecule has 24 heavy (non-hydrogen) atoms. The van der Waals surface area contributed by atoms with E-state index in [4.69, 9.17) is 0 Å². The van der Waals surface area contributed by atoms with Crippen molar-refractivity contribution in [2.24, 2.45) is 4.99 Å². The first-order valence-corrected chi connectivity index (χ1v) is 8.57. The van der Waals surface area contributed by atoms with Gasteiger partial charge in [0, 0.05) is 26.2 Å². The van der Waals surface area contributed by atoms with Crippen molar-refractivity contribution in [1.82, 2.24) is 15.5 Å². The number of nitrogens with zero attached hydrogens (tertiary/aromatic N) is 2. The minimum absolute atomic E-state index is 0. The summed E-state index contributed by atoms with van der Waals surface area (Å²) < 4.78 is 13.3. The minimum Gasteiger partial charge on any atom is -0.355 e. The normalized spacial score (nSPS) is 18.8. The maximum atomic E-state index is 13.3. The second kappa shape index (κ2) is 10.9. The van der Waals surface area contributed by atoms with Crippen molar-refractivity contribution in [3.8, 4) is 0 Å².